The summed E-state index contributed by atoms with van der Waals surface area (Å²) in [5.41, 5.74) is 1.05. The fourth-order valence-corrected chi connectivity index (χ4v) is 4.43. The molecule has 21 heavy (non-hydrogen) atoms. The van der Waals surface area contributed by atoms with E-state index >= 15 is 0 Å². The Morgan fingerprint density at radius 1 is 1.43 bits per heavy atom. The lowest BCUT2D eigenvalue weighted by atomic mass is 10.1. The molecule has 1 N–H and O–H groups in total. The Balaban J connectivity index is 2.07. The Morgan fingerprint density at radius 2 is 2.19 bits per heavy atom. The van der Waals surface area contributed by atoms with E-state index in [1.807, 2.05) is 18.2 Å². The standard InChI is InChI=1S/C15H22BrNO3S/c1-11(2)8-17-9-12-4-3-5-14(16)15(12)20-13-6-7-21(18,19)10-13/h3-5,11,13,17H,6-10H2,1-2H3. The molecule has 0 saturated carbocycles. The summed E-state index contributed by atoms with van der Waals surface area (Å²) in [5, 5.41) is 3.39. The minimum absolute atomic E-state index is 0.118. The Bertz CT molecular complexity index is 587. The van der Waals surface area contributed by atoms with E-state index in [0.29, 0.717) is 18.9 Å². The third kappa shape index (κ3) is 4.97. The Kier molecular flexibility index (Phi) is 5.68. The first kappa shape index (κ1) is 16.8. The van der Waals surface area contributed by atoms with E-state index in [4.69, 9.17) is 4.74 Å². The van der Waals surface area contributed by atoms with Crippen LogP contribution in [0.1, 0.15) is 25.8 Å². The third-order valence-corrected chi connectivity index (χ3v) is 5.75. The monoisotopic (exact) mass is 375 g/mol. The van der Waals surface area contributed by atoms with Gasteiger partial charge in [0.05, 0.1) is 16.0 Å². The molecule has 6 heteroatoms. The molecule has 2 rings (SSSR count). The van der Waals surface area contributed by atoms with Gasteiger partial charge in [-0.25, -0.2) is 8.42 Å². The topological polar surface area (TPSA) is 55.4 Å². The van der Waals surface area contributed by atoms with Gasteiger partial charge in [0, 0.05) is 12.1 Å². The molecule has 1 aromatic carbocycles. The van der Waals surface area contributed by atoms with Crippen LogP contribution in [0.25, 0.3) is 0 Å². The predicted molar refractivity (Wildman–Crippen MR) is 88.4 cm³/mol. The molecule has 1 heterocycles. The second kappa shape index (κ2) is 7.11. The van der Waals surface area contributed by atoms with Crippen LogP contribution in [0.15, 0.2) is 22.7 Å². The van der Waals surface area contributed by atoms with Gasteiger partial charge < -0.3 is 10.1 Å². The van der Waals surface area contributed by atoms with Gasteiger partial charge in [-0.05, 0) is 40.9 Å². The van der Waals surface area contributed by atoms with E-state index in [2.05, 4.69) is 35.1 Å². The maximum Gasteiger partial charge on any atom is 0.154 e. The number of hydrogen-bond acceptors (Lipinski definition) is 4. The highest BCUT2D eigenvalue weighted by atomic mass is 79.9. The Morgan fingerprint density at radius 3 is 2.81 bits per heavy atom. The number of halogens is 1. The minimum atomic E-state index is -2.93. The van der Waals surface area contributed by atoms with Crippen LogP contribution >= 0.6 is 15.9 Å². The molecule has 1 saturated heterocycles. The van der Waals surface area contributed by atoms with Crippen LogP contribution in [0.4, 0.5) is 0 Å². The van der Waals surface area contributed by atoms with Crippen LogP contribution in [0.5, 0.6) is 5.75 Å². The number of rotatable bonds is 6. The van der Waals surface area contributed by atoms with Gasteiger partial charge in [0.1, 0.15) is 11.9 Å². The fourth-order valence-electron chi connectivity index (χ4n) is 2.34. The van der Waals surface area contributed by atoms with Crippen LogP contribution in [0.3, 0.4) is 0 Å². The quantitative estimate of drug-likeness (QED) is 0.830. The van der Waals surface area contributed by atoms with Crippen molar-refractivity contribution < 1.29 is 13.2 Å². The van der Waals surface area contributed by atoms with Crippen LogP contribution in [-0.4, -0.2) is 32.6 Å². The molecule has 4 nitrogen and oxygen atoms in total. The van der Waals surface area contributed by atoms with Crippen LogP contribution < -0.4 is 10.1 Å². The van der Waals surface area contributed by atoms with E-state index in [1.54, 1.807) is 0 Å². The molecule has 1 unspecified atom stereocenters. The van der Waals surface area contributed by atoms with E-state index in [0.717, 1.165) is 22.3 Å². The molecule has 0 spiro atoms. The normalized spacial score (nSPS) is 20.9. The smallest absolute Gasteiger partial charge is 0.154 e. The molecule has 118 valence electrons. The SMILES string of the molecule is CC(C)CNCc1cccc(Br)c1OC1CCS(=O)(=O)C1. The zero-order chi connectivity index (χ0) is 15.5. The van der Waals surface area contributed by atoms with Crippen LogP contribution in [-0.2, 0) is 16.4 Å². The van der Waals surface area contributed by atoms with Crippen molar-refractivity contribution >= 4 is 25.8 Å². The molecule has 0 bridgehead atoms. The summed E-state index contributed by atoms with van der Waals surface area (Å²) < 4.78 is 29.9. The first-order valence-electron chi connectivity index (χ1n) is 7.22. The number of nitrogens with one attached hydrogen (secondary N) is 1. The lowest BCUT2D eigenvalue weighted by molar-refractivity contribution is 0.224. The highest BCUT2D eigenvalue weighted by molar-refractivity contribution is 9.10. The number of hydrogen-bond donors (Lipinski definition) is 1. The molecule has 0 amide bonds. The lowest BCUT2D eigenvalue weighted by Crippen LogP contribution is -2.22. The predicted octanol–water partition coefficient (Wildman–Crippen LogP) is 2.76. The average molecular weight is 376 g/mol. The number of sulfone groups is 1. The summed E-state index contributed by atoms with van der Waals surface area (Å²) in [4.78, 5) is 0. The highest BCUT2D eigenvalue weighted by Crippen LogP contribution is 2.31. The molecule has 1 fully saturated rings. The van der Waals surface area contributed by atoms with Crippen molar-refractivity contribution in [1.29, 1.82) is 0 Å². The second-order valence-electron chi connectivity index (χ2n) is 5.90. The van der Waals surface area contributed by atoms with Crippen molar-refractivity contribution in [2.75, 3.05) is 18.1 Å². The van der Waals surface area contributed by atoms with Crippen molar-refractivity contribution in [3.05, 3.63) is 28.2 Å². The average Bonchev–Trinajstić information content (AvgIpc) is 2.72. The molecular formula is C15H22BrNO3S. The van der Waals surface area contributed by atoms with Gasteiger partial charge in [0.15, 0.2) is 9.84 Å². The Hall–Kier alpha value is -0.590. The summed E-state index contributed by atoms with van der Waals surface area (Å²) in [6.45, 7) is 5.97. The van der Waals surface area contributed by atoms with E-state index in [1.165, 1.54) is 0 Å². The fraction of sp³-hybridized carbons (Fsp3) is 0.600. The number of para-hydroxylation sites is 1. The maximum absolute atomic E-state index is 11.5. The first-order chi connectivity index (χ1) is 9.87. The van der Waals surface area contributed by atoms with E-state index in [9.17, 15) is 8.42 Å². The molecule has 1 atom stereocenters. The molecule has 1 aromatic rings. The van der Waals surface area contributed by atoms with Gasteiger partial charge in [0.2, 0.25) is 0 Å². The zero-order valence-corrected chi connectivity index (χ0v) is 14.8. The summed E-state index contributed by atoms with van der Waals surface area (Å²) in [6, 6.07) is 5.90. The van der Waals surface area contributed by atoms with Crippen LogP contribution in [0.2, 0.25) is 0 Å². The Labute approximate surface area is 135 Å². The van der Waals surface area contributed by atoms with Crippen molar-refractivity contribution in [3.8, 4) is 5.75 Å². The molecule has 1 aliphatic rings. The zero-order valence-electron chi connectivity index (χ0n) is 12.4. The van der Waals surface area contributed by atoms with Crippen LogP contribution in [0, 0.1) is 5.92 Å². The van der Waals surface area contributed by atoms with Gasteiger partial charge in [-0.15, -0.1) is 0 Å². The summed E-state index contributed by atoms with van der Waals surface area (Å²) in [5.74, 6) is 1.69. The summed E-state index contributed by atoms with van der Waals surface area (Å²) in [7, 11) is -2.93. The van der Waals surface area contributed by atoms with Crippen molar-refractivity contribution in [3.63, 3.8) is 0 Å². The largest absolute Gasteiger partial charge is 0.488 e. The van der Waals surface area contributed by atoms with Crippen molar-refractivity contribution in [2.45, 2.75) is 32.9 Å². The minimum Gasteiger partial charge on any atom is -0.488 e. The lowest BCUT2D eigenvalue weighted by Gasteiger charge is -2.18. The van der Waals surface area contributed by atoms with Gasteiger partial charge >= 0.3 is 0 Å². The van der Waals surface area contributed by atoms with Crippen molar-refractivity contribution in [1.82, 2.24) is 5.32 Å². The van der Waals surface area contributed by atoms with Gasteiger partial charge in [0.25, 0.3) is 0 Å². The molecule has 0 aliphatic carbocycles. The van der Waals surface area contributed by atoms with Gasteiger partial charge in [-0.1, -0.05) is 26.0 Å². The first-order valence-corrected chi connectivity index (χ1v) is 9.84. The van der Waals surface area contributed by atoms with E-state index < -0.39 is 9.84 Å². The summed E-state index contributed by atoms with van der Waals surface area (Å²) >= 11 is 3.50. The van der Waals surface area contributed by atoms with Crippen molar-refractivity contribution in [2.24, 2.45) is 5.92 Å². The molecular weight excluding hydrogens is 354 g/mol. The van der Waals surface area contributed by atoms with Gasteiger partial charge in [-0.3, -0.25) is 0 Å². The molecule has 1 aliphatic heterocycles. The molecule has 0 aromatic heterocycles. The highest BCUT2D eigenvalue weighted by Gasteiger charge is 2.30. The second-order valence-corrected chi connectivity index (χ2v) is 8.98. The third-order valence-electron chi connectivity index (χ3n) is 3.39. The number of benzene rings is 1. The molecule has 0 radical (unpaired) electrons. The summed E-state index contributed by atoms with van der Waals surface area (Å²) in [6.07, 6.45) is 0.334. The number of ether oxygens (including phenoxy) is 1. The maximum atomic E-state index is 11.5. The van der Waals surface area contributed by atoms with Gasteiger partial charge in [-0.2, -0.15) is 0 Å². The van der Waals surface area contributed by atoms with E-state index in [-0.39, 0.29) is 17.6 Å².